The largest absolute Gasteiger partial charge is 0.456 e. The van der Waals surface area contributed by atoms with Crippen LogP contribution >= 0.6 is 0 Å². The summed E-state index contributed by atoms with van der Waals surface area (Å²) in [5, 5.41) is 4.89. The molecule has 182 valence electrons. The summed E-state index contributed by atoms with van der Waals surface area (Å²) in [6.45, 7) is 0. The highest BCUT2D eigenvalue weighted by Crippen LogP contribution is 2.49. The van der Waals surface area contributed by atoms with E-state index in [0.717, 1.165) is 17.1 Å². The van der Waals surface area contributed by atoms with Gasteiger partial charge in [0.25, 0.3) is 0 Å². The van der Waals surface area contributed by atoms with Crippen molar-refractivity contribution in [2.45, 2.75) is 0 Å². The van der Waals surface area contributed by atoms with Gasteiger partial charge in [0.05, 0.1) is 0 Å². The Morgan fingerprint density at radius 3 is 1.69 bits per heavy atom. The van der Waals surface area contributed by atoms with Crippen molar-refractivity contribution in [1.29, 1.82) is 0 Å². The van der Waals surface area contributed by atoms with E-state index in [9.17, 15) is 0 Å². The summed E-state index contributed by atoms with van der Waals surface area (Å²) in [6.07, 6.45) is 0. The predicted molar refractivity (Wildman–Crippen MR) is 163 cm³/mol. The van der Waals surface area contributed by atoms with Gasteiger partial charge in [-0.2, -0.15) is 0 Å². The van der Waals surface area contributed by atoms with Gasteiger partial charge in [-0.05, 0) is 67.2 Å². The minimum absolute atomic E-state index is 0.912. The molecule has 7 aromatic carbocycles. The highest BCUT2D eigenvalue weighted by molar-refractivity contribution is 6.13. The van der Waals surface area contributed by atoms with Crippen molar-refractivity contribution in [3.8, 4) is 56.0 Å². The highest BCUT2D eigenvalue weighted by Gasteiger charge is 2.22. The molecule has 0 saturated carbocycles. The molecule has 0 bridgehead atoms. The van der Waals surface area contributed by atoms with Crippen LogP contribution < -0.4 is 4.74 Å². The number of hydrogen-bond acceptors (Lipinski definition) is 1. The molecule has 0 saturated heterocycles. The normalized spacial score (nSPS) is 11.8. The Balaban J connectivity index is 1.41. The molecule has 8 rings (SSSR count). The molecule has 0 radical (unpaired) electrons. The Hall–Kier alpha value is -5.14. The first-order chi connectivity index (χ1) is 19.4. The van der Waals surface area contributed by atoms with Gasteiger partial charge in [-0.15, -0.1) is 0 Å². The number of hydrogen-bond donors (Lipinski definition) is 0. The number of fused-ring (bicyclic) bond motifs is 3. The number of ether oxygens (including phenoxy) is 1. The molecule has 0 spiro atoms. The van der Waals surface area contributed by atoms with Crippen molar-refractivity contribution in [3.05, 3.63) is 146 Å². The van der Waals surface area contributed by atoms with Crippen LogP contribution in [0, 0.1) is 0 Å². The third-order valence-corrected chi connectivity index (χ3v) is 7.90. The average molecular weight is 497 g/mol. The molecule has 1 aliphatic rings. The SMILES string of the molecule is c1ccc(-c2cccc3cccc(-c4ccccc4-c4ccc5c6c(cccc46)-c4ccccc4O5)c23)cc1. The zero-order valence-corrected chi connectivity index (χ0v) is 21.3. The Morgan fingerprint density at radius 2 is 0.897 bits per heavy atom. The van der Waals surface area contributed by atoms with Crippen LogP contribution in [0.1, 0.15) is 0 Å². The minimum Gasteiger partial charge on any atom is -0.456 e. The Bertz CT molecular complexity index is 2030. The molecular formula is C38H24O. The van der Waals surface area contributed by atoms with Gasteiger partial charge in [0.2, 0.25) is 0 Å². The van der Waals surface area contributed by atoms with Crippen LogP contribution in [0.25, 0.3) is 66.1 Å². The monoisotopic (exact) mass is 496 g/mol. The first-order valence-electron chi connectivity index (χ1n) is 13.4. The van der Waals surface area contributed by atoms with E-state index >= 15 is 0 Å². The van der Waals surface area contributed by atoms with Crippen LogP contribution in [-0.2, 0) is 0 Å². The van der Waals surface area contributed by atoms with Gasteiger partial charge in [0.1, 0.15) is 11.5 Å². The lowest BCUT2D eigenvalue weighted by atomic mass is 9.85. The van der Waals surface area contributed by atoms with Crippen LogP contribution in [-0.4, -0.2) is 0 Å². The van der Waals surface area contributed by atoms with E-state index in [1.807, 2.05) is 12.1 Å². The molecule has 0 atom stereocenters. The Kier molecular flexibility index (Phi) is 4.89. The van der Waals surface area contributed by atoms with E-state index in [0.29, 0.717) is 0 Å². The first kappa shape index (κ1) is 21.9. The maximum atomic E-state index is 6.38. The van der Waals surface area contributed by atoms with Gasteiger partial charge >= 0.3 is 0 Å². The zero-order valence-electron chi connectivity index (χ0n) is 21.3. The van der Waals surface area contributed by atoms with E-state index in [-0.39, 0.29) is 0 Å². The molecule has 0 unspecified atom stereocenters. The summed E-state index contributed by atoms with van der Waals surface area (Å²) >= 11 is 0. The average Bonchev–Trinajstić information content (AvgIpc) is 3.01. The second kappa shape index (κ2) is 8.72. The zero-order chi connectivity index (χ0) is 25.8. The lowest BCUT2D eigenvalue weighted by molar-refractivity contribution is 0.487. The Labute approximate surface area is 227 Å². The summed E-state index contributed by atoms with van der Waals surface area (Å²) in [5.41, 5.74) is 9.74. The molecule has 0 aliphatic carbocycles. The summed E-state index contributed by atoms with van der Waals surface area (Å²) in [6, 6.07) is 52.0. The van der Waals surface area contributed by atoms with Gasteiger partial charge in [0, 0.05) is 10.9 Å². The molecule has 1 heteroatoms. The third-order valence-electron chi connectivity index (χ3n) is 7.90. The summed E-state index contributed by atoms with van der Waals surface area (Å²) < 4.78 is 6.38. The molecule has 1 aliphatic heterocycles. The van der Waals surface area contributed by atoms with Crippen molar-refractivity contribution in [2.75, 3.05) is 0 Å². The minimum atomic E-state index is 0.912. The van der Waals surface area contributed by atoms with E-state index in [4.69, 9.17) is 4.74 Å². The Morgan fingerprint density at radius 1 is 0.308 bits per heavy atom. The van der Waals surface area contributed by atoms with E-state index in [2.05, 4.69) is 133 Å². The molecule has 1 nitrogen and oxygen atoms in total. The quantitative estimate of drug-likeness (QED) is 0.236. The molecule has 7 aromatic rings. The van der Waals surface area contributed by atoms with Crippen LogP contribution in [0.15, 0.2) is 146 Å². The standard InChI is InChI=1S/C38H24O/c1-2-11-25(12-3-1)27-18-8-13-26-14-9-19-32(37(26)27)29-16-5-4-15-28(29)30-23-24-36-38-33(30)20-10-21-34(38)31-17-6-7-22-35(31)39-36/h1-24H. The van der Waals surface area contributed by atoms with Crippen molar-refractivity contribution >= 4 is 21.5 Å². The topological polar surface area (TPSA) is 9.23 Å². The van der Waals surface area contributed by atoms with Gasteiger partial charge in [-0.25, -0.2) is 0 Å². The van der Waals surface area contributed by atoms with Gasteiger partial charge < -0.3 is 4.74 Å². The van der Waals surface area contributed by atoms with E-state index in [1.165, 1.54) is 60.5 Å². The summed E-state index contributed by atoms with van der Waals surface area (Å²) in [7, 11) is 0. The molecule has 0 fully saturated rings. The molecule has 39 heavy (non-hydrogen) atoms. The number of rotatable bonds is 3. The highest BCUT2D eigenvalue weighted by atomic mass is 16.5. The lowest BCUT2D eigenvalue weighted by Gasteiger charge is -2.23. The van der Waals surface area contributed by atoms with Crippen LogP contribution in [0.2, 0.25) is 0 Å². The van der Waals surface area contributed by atoms with Crippen LogP contribution in [0.4, 0.5) is 0 Å². The fourth-order valence-corrected chi connectivity index (χ4v) is 6.19. The van der Waals surface area contributed by atoms with Crippen molar-refractivity contribution in [1.82, 2.24) is 0 Å². The van der Waals surface area contributed by atoms with Crippen LogP contribution in [0.3, 0.4) is 0 Å². The smallest absolute Gasteiger partial charge is 0.135 e. The number of para-hydroxylation sites is 1. The molecule has 0 N–H and O–H groups in total. The lowest BCUT2D eigenvalue weighted by Crippen LogP contribution is -1.98. The molecular weight excluding hydrogens is 472 g/mol. The second-order valence-electron chi connectivity index (χ2n) is 10.1. The fourth-order valence-electron chi connectivity index (χ4n) is 6.19. The second-order valence-corrected chi connectivity index (χ2v) is 10.1. The third kappa shape index (κ3) is 3.41. The first-order valence-corrected chi connectivity index (χ1v) is 13.4. The molecule has 0 aromatic heterocycles. The van der Waals surface area contributed by atoms with Crippen molar-refractivity contribution in [2.24, 2.45) is 0 Å². The van der Waals surface area contributed by atoms with E-state index in [1.54, 1.807) is 0 Å². The van der Waals surface area contributed by atoms with Gasteiger partial charge in [-0.1, -0.05) is 133 Å². The van der Waals surface area contributed by atoms with Crippen molar-refractivity contribution in [3.63, 3.8) is 0 Å². The van der Waals surface area contributed by atoms with E-state index < -0.39 is 0 Å². The van der Waals surface area contributed by atoms with Crippen molar-refractivity contribution < 1.29 is 4.74 Å². The summed E-state index contributed by atoms with van der Waals surface area (Å²) in [4.78, 5) is 0. The van der Waals surface area contributed by atoms with Gasteiger partial charge in [0.15, 0.2) is 0 Å². The predicted octanol–water partition coefficient (Wildman–Crippen LogP) is 10.8. The fraction of sp³-hybridized carbons (Fsp3) is 0. The number of benzene rings is 7. The van der Waals surface area contributed by atoms with Gasteiger partial charge in [-0.3, -0.25) is 0 Å². The van der Waals surface area contributed by atoms with Crippen LogP contribution in [0.5, 0.6) is 11.5 Å². The molecule has 0 amide bonds. The maximum Gasteiger partial charge on any atom is 0.135 e. The summed E-state index contributed by atoms with van der Waals surface area (Å²) in [5.74, 6) is 1.83. The molecule has 1 heterocycles. The maximum absolute atomic E-state index is 6.38.